The van der Waals surface area contributed by atoms with Crippen molar-refractivity contribution in [1.29, 1.82) is 0 Å². The van der Waals surface area contributed by atoms with Gasteiger partial charge in [-0.3, -0.25) is 0 Å². The third kappa shape index (κ3) is 6.04. The molecule has 0 spiro atoms. The van der Waals surface area contributed by atoms with Crippen LogP contribution < -0.4 is 10.1 Å². The quantitative estimate of drug-likeness (QED) is 0.558. The summed E-state index contributed by atoms with van der Waals surface area (Å²) < 4.78 is 6.37. The number of benzene rings is 2. The Hall–Kier alpha value is -2.09. The molecule has 0 bridgehead atoms. The van der Waals surface area contributed by atoms with Gasteiger partial charge < -0.3 is 15.2 Å². The minimum absolute atomic E-state index is 0.259. The molecule has 5 nitrogen and oxygen atoms in total. The molecule has 1 aromatic heterocycles. The predicted molar refractivity (Wildman–Crippen MR) is 102 cm³/mol. The number of nitrogens with zero attached hydrogens (tertiary/aromatic N) is 2. The van der Waals surface area contributed by atoms with Crippen LogP contribution >= 0.6 is 23.1 Å². The Balaban J connectivity index is 1.39. The van der Waals surface area contributed by atoms with Crippen LogP contribution in [0, 0.1) is 0 Å². The first kappa shape index (κ1) is 17.7. The van der Waals surface area contributed by atoms with E-state index in [1.165, 1.54) is 28.7 Å². The van der Waals surface area contributed by atoms with Crippen LogP contribution in [0.2, 0.25) is 0 Å². The minimum atomic E-state index is -0.560. The number of aliphatic hydroxyl groups is 1. The molecule has 0 saturated carbocycles. The lowest BCUT2D eigenvalue weighted by Gasteiger charge is -2.10. The maximum Gasteiger partial charge on any atom is 0.206 e. The first-order valence-corrected chi connectivity index (χ1v) is 9.70. The number of thioether (sulfide) groups is 1. The number of anilines is 1. The normalized spacial score (nSPS) is 11.9. The first-order valence-electron chi connectivity index (χ1n) is 7.89. The van der Waals surface area contributed by atoms with Gasteiger partial charge >= 0.3 is 0 Å². The van der Waals surface area contributed by atoms with Crippen LogP contribution in [-0.4, -0.2) is 33.8 Å². The first-order chi connectivity index (χ1) is 12.3. The van der Waals surface area contributed by atoms with Crippen LogP contribution in [0.4, 0.5) is 5.13 Å². The molecule has 0 radical (unpaired) electrons. The number of aromatic nitrogens is 2. The van der Waals surface area contributed by atoms with Gasteiger partial charge in [-0.15, -0.1) is 10.2 Å². The van der Waals surface area contributed by atoms with E-state index in [4.69, 9.17) is 4.74 Å². The molecule has 25 heavy (non-hydrogen) atoms. The van der Waals surface area contributed by atoms with Gasteiger partial charge in [0.05, 0.1) is 6.10 Å². The monoisotopic (exact) mass is 373 g/mol. The summed E-state index contributed by atoms with van der Waals surface area (Å²) in [6.45, 7) is 0.975. The van der Waals surface area contributed by atoms with Gasteiger partial charge in [0.1, 0.15) is 12.4 Å². The molecule has 1 atom stereocenters. The zero-order chi connectivity index (χ0) is 17.3. The average Bonchev–Trinajstić information content (AvgIpc) is 3.13. The van der Waals surface area contributed by atoms with Crippen LogP contribution in [0.15, 0.2) is 65.0 Å². The summed E-state index contributed by atoms with van der Waals surface area (Å²) in [6.07, 6.45) is -0.560. The lowest BCUT2D eigenvalue weighted by molar-refractivity contribution is 0.126. The van der Waals surface area contributed by atoms with Crippen LogP contribution in [0.3, 0.4) is 0 Å². The van der Waals surface area contributed by atoms with Gasteiger partial charge in [-0.2, -0.15) is 0 Å². The van der Waals surface area contributed by atoms with Gasteiger partial charge in [0.25, 0.3) is 0 Å². The van der Waals surface area contributed by atoms with Crippen molar-refractivity contribution < 1.29 is 9.84 Å². The summed E-state index contributed by atoms with van der Waals surface area (Å²) in [7, 11) is 0. The van der Waals surface area contributed by atoms with Crippen molar-refractivity contribution in [3.63, 3.8) is 0 Å². The standard InChI is InChI=1S/C18H19N3O2S2/c22-15(12-23-16-9-5-2-6-10-16)13-24-18-21-20-17(25-18)19-11-14-7-3-1-4-8-14/h1-10,15,22H,11-13H2,(H,19,20)/t15-/m1/s1. The van der Waals surface area contributed by atoms with E-state index < -0.39 is 6.10 Å². The fraction of sp³-hybridized carbons (Fsp3) is 0.222. The molecular formula is C18H19N3O2S2. The molecular weight excluding hydrogens is 354 g/mol. The van der Waals surface area contributed by atoms with Gasteiger partial charge in [0.15, 0.2) is 4.34 Å². The number of rotatable bonds is 9. The molecule has 3 rings (SSSR count). The molecule has 3 aromatic rings. The maximum absolute atomic E-state index is 10.0. The molecule has 0 aliphatic heterocycles. The predicted octanol–water partition coefficient (Wildman–Crippen LogP) is 3.68. The number of nitrogens with one attached hydrogen (secondary N) is 1. The highest BCUT2D eigenvalue weighted by Gasteiger charge is 2.10. The molecule has 2 N–H and O–H groups in total. The number of aliphatic hydroxyl groups excluding tert-OH is 1. The van der Waals surface area contributed by atoms with Crippen molar-refractivity contribution in [3.8, 4) is 5.75 Å². The molecule has 7 heteroatoms. The molecule has 0 aliphatic carbocycles. The van der Waals surface area contributed by atoms with E-state index in [1.54, 1.807) is 0 Å². The third-order valence-corrected chi connectivity index (χ3v) is 5.44. The molecule has 0 saturated heterocycles. The Kier molecular flexibility index (Phi) is 6.67. The minimum Gasteiger partial charge on any atom is -0.491 e. The van der Waals surface area contributed by atoms with E-state index in [1.807, 2.05) is 48.5 Å². The summed E-state index contributed by atoms with van der Waals surface area (Å²) in [4.78, 5) is 0. The molecule has 0 amide bonds. The van der Waals surface area contributed by atoms with E-state index >= 15 is 0 Å². The lowest BCUT2D eigenvalue weighted by Crippen LogP contribution is -2.19. The SMILES string of the molecule is O[C@H](COc1ccccc1)CSc1nnc(NCc2ccccc2)s1. The van der Waals surface area contributed by atoms with Crippen molar-refractivity contribution >= 4 is 28.2 Å². The number of para-hydroxylation sites is 1. The van der Waals surface area contributed by atoms with Crippen molar-refractivity contribution in [3.05, 3.63) is 66.2 Å². The van der Waals surface area contributed by atoms with Crippen LogP contribution in [0.25, 0.3) is 0 Å². The van der Waals surface area contributed by atoms with Crippen LogP contribution in [0.1, 0.15) is 5.56 Å². The number of hydrogen-bond donors (Lipinski definition) is 2. The van der Waals surface area contributed by atoms with E-state index in [0.29, 0.717) is 12.3 Å². The highest BCUT2D eigenvalue weighted by molar-refractivity contribution is 8.01. The van der Waals surface area contributed by atoms with E-state index in [9.17, 15) is 5.11 Å². The fourth-order valence-electron chi connectivity index (χ4n) is 2.04. The summed E-state index contributed by atoms with van der Waals surface area (Å²) >= 11 is 2.97. The second kappa shape index (κ2) is 9.41. The molecule has 1 heterocycles. The van der Waals surface area contributed by atoms with Gasteiger partial charge in [-0.05, 0) is 17.7 Å². The van der Waals surface area contributed by atoms with Crippen molar-refractivity contribution in [2.45, 2.75) is 17.0 Å². The van der Waals surface area contributed by atoms with Crippen LogP contribution in [-0.2, 0) is 6.54 Å². The largest absolute Gasteiger partial charge is 0.491 e. The highest BCUT2D eigenvalue weighted by Crippen LogP contribution is 2.26. The smallest absolute Gasteiger partial charge is 0.206 e. The molecule has 0 unspecified atom stereocenters. The molecule has 0 aliphatic rings. The van der Waals surface area contributed by atoms with E-state index in [2.05, 4.69) is 27.6 Å². The zero-order valence-corrected chi connectivity index (χ0v) is 15.2. The van der Waals surface area contributed by atoms with E-state index in [-0.39, 0.29) is 6.61 Å². The van der Waals surface area contributed by atoms with Gasteiger partial charge in [0, 0.05) is 12.3 Å². The van der Waals surface area contributed by atoms with Crippen molar-refractivity contribution in [2.24, 2.45) is 0 Å². The second-order valence-corrected chi connectivity index (χ2v) is 7.55. The number of hydrogen-bond acceptors (Lipinski definition) is 7. The van der Waals surface area contributed by atoms with Gasteiger partial charge in [0.2, 0.25) is 5.13 Å². The van der Waals surface area contributed by atoms with E-state index in [0.717, 1.165) is 15.2 Å². The summed E-state index contributed by atoms with van der Waals surface area (Å²) in [6, 6.07) is 19.6. The van der Waals surface area contributed by atoms with Crippen LogP contribution in [0.5, 0.6) is 5.75 Å². The zero-order valence-electron chi connectivity index (χ0n) is 13.5. The Morgan fingerprint density at radius 3 is 2.52 bits per heavy atom. The Morgan fingerprint density at radius 2 is 1.76 bits per heavy atom. The Morgan fingerprint density at radius 1 is 1.04 bits per heavy atom. The molecule has 130 valence electrons. The summed E-state index contributed by atoms with van der Waals surface area (Å²) in [5.74, 6) is 1.27. The highest BCUT2D eigenvalue weighted by atomic mass is 32.2. The number of ether oxygens (including phenoxy) is 1. The second-order valence-electron chi connectivity index (χ2n) is 5.30. The van der Waals surface area contributed by atoms with Crippen molar-refractivity contribution in [2.75, 3.05) is 17.7 Å². The Labute approximate surface area is 155 Å². The lowest BCUT2D eigenvalue weighted by atomic mass is 10.2. The summed E-state index contributed by atoms with van der Waals surface area (Å²) in [5.41, 5.74) is 1.19. The summed E-state index contributed by atoms with van der Waals surface area (Å²) in [5, 5.41) is 22.3. The Bertz CT molecular complexity index is 753. The van der Waals surface area contributed by atoms with Gasteiger partial charge in [-0.25, -0.2) is 0 Å². The molecule has 2 aromatic carbocycles. The molecule has 0 fully saturated rings. The maximum atomic E-state index is 10.0. The fourth-order valence-corrected chi connectivity index (χ4v) is 3.72. The topological polar surface area (TPSA) is 67.3 Å². The van der Waals surface area contributed by atoms with Gasteiger partial charge in [-0.1, -0.05) is 71.6 Å². The average molecular weight is 374 g/mol. The van der Waals surface area contributed by atoms with Crippen molar-refractivity contribution in [1.82, 2.24) is 10.2 Å². The third-order valence-electron chi connectivity index (χ3n) is 3.28.